The van der Waals surface area contributed by atoms with Gasteiger partial charge < -0.3 is 48.7 Å². The second kappa shape index (κ2) is 15.5. The average Bonchev–Trinajstić information content (AvgIpc) is 3.29. The summed E-state index contributed by atoms with van der Waals surface area (Å²) in [6.45, 7) is 0.883. The van der Waals surface area contributed by atoms with Gasteiger partial charge in [0, 0.05) is 13.1 Å². The number of rotatable bonds is 16. The molecule has 0 radical (unpaired) electrons. The number of nitrogens with two attached hydrogens (primary N) is 4. The predicted molar refractivity (Wildman–Crippen MR) is 129 cm³/mol. The molecular formula is C21H38N8O7. The van der Waals surface area contributed by atoms with Crippen molar-refractivity contribution >= 4 is 35.6 Å². The molecule has 0 spiro atoms. The van der Waals surface area contributed by atoms with Crippen LogP contribution in [0.2, 0.25) is 0 Å². The fraction of sp³-hybridized carbons (Fsp3) is 0.714. The quantitative estimate of drug-likeness (QED) is 0.0584. The van der Waals surface area contributed by atoms with E-state index in [1.807, 2.05) is 0 Å². The van der Waals surface area contributed by atoms with E-state index in [1.54, 1.807) is 0 Å². The summed E-state index contributed by atoms with van der Waals surface area (Å²) in [6.07, 6.45) is 2.15. The van der Waals surface area contributed by atoms with Crippen molar-refractivity contribution in [2.75, 3.05) is 19.6 Å². The number of nitrogens with zero attached hydrogens (tertiary/aromatic N) is 2. The van der Waals surface area contributed by atoms with Crippen molar-refractivity contribution < 1.29 is 34.2 Å². The molecule has 0 bridgehead atoms. The zero-order valence-electron chi connectivity index (χ0n) is 20.2. The number of aliphatic carboxylic acids is 2. The molecule has 3 amide bonds. The molecule has 1 rings (SSSR count). The Morgan fingerprint density at radius 2 is 1.69 bits per heavy atom. The van der Waals surface area contributed by atoms with Crippen LogP contribution in [0.5, 0.6) is 0 Å². The van der Waals surface area contributed by atoms with Crippen molar-refractivity contribution in [3.63, 3.8) is 0 Å². The highest BCUT2D eigenvalue weighted by atomic mass is 16.4. The zero-order valence-corrected chi connectivity index (χ0v) is 20.2. The van der Waals surface area contributed by atoms with Crippen LogP contribution in [0.15, 0.2) is 4.99 Å². The molecule has 1 heterocycles. The minimum absolute atomic E-state index is 0.116. The third kappa shape index (κ3) is 10.4. The maximum Gasteiger partial charge on any atom is 0.326 e. The van der Waals surface area contributed by atoms with Crippen molar-refractivity contribution in [3.05, 3.63) is 0 Å². The molecule has 36 heavy (non-hydrogen) atoms. The maximum absolute atomic E-state index is 13.4. The monoisotopic (exact) mass is 514 g/mol. The minimum Gasteiger partial charge on any atom is -0.481 e. The Balaban J connectivity index is 2.96. The van der Waals surface area contributed by atoms with E-state index >= 15 is 0 Å². The van der Waals surface area contributed by atoms with Gasteiger partial charge in [0.2, 0.25) is 17.7 Å². The van der Waals surface area contributed by atoms with E-state index < -0.39 is 60.2 Å². The smallest absolute Gasteiger partial charge is 0.326 e. The lowest BCUT2D eigenvalue weighted by Crippen LogP contribution is -2.57. The minimum atomic E-state index is -1.64. The molecule has 0 aliphatic carbocycles. The van der Waals surface area contributed by atoms with Crippen molar-refractivity contribution in [2.24, 2.45) is 27.9 Å². The highest BCUT2D eigenvalue weighted by molar-refractivity contribution is 5.95. The van der Waals surface area contributed by atoms with Crippen molar-refractivity contribution in [1.29, 1.82) is 0 Å². The molecule has 12 N–H and O–H groups in total. The molecule has 1 saturated heterocycles. The molecule has 1 aliphatic heterocycles. The van der Waals surface area contributed by atoms with E-state index in [0.29, 0.717) is 38.6 Å². The highest BCUT2D eigenvalue weighted by Gasteiger charge is 2.39. The van der Waals surface area contributed by atoms with E-state index in [2.05, 4.69) is 15.6 Å². The lowest BCUT2D eigenvalue weighted by Gasteiger charge is -2.30. The Kier molecular flexibility index (Phi) is 13.2. The van der Waals surface area contributed by atoms with Gasteiger partial charge in [-0.2, -0.15) is 0 Å². The summed E-state index contributed by atoms with van der Waals surface area (Å²) in [7, 11) is 0. The van der Waals surface area contributed by atoms with Gasteiger partial charge in [0.1, 0.15) is 18.1 Å². The van der Waals surface area contributed by atoms with Gasteiger partial charge in [0.15, 0.2) is 5.96 Å². The number of carboxylic acids is 2. The molecule has 204 valence electrons. The highest BCUT2D eigenvalue weighted by Crippen LogP contribution is 2.20. The van der Waals surface area contributed by atoms with Gasteiger partial charge in [0.25, 0.3) is 0 Å². The van der Waals surface area contributed by atoms with Crippen molar-refractivity contribution in [1.82, 2.24) is 15.5 Å². The first-order valence-corrected chi connectivity index (χ1v) is 11.8. The molecule has 0 aromatic heterocycles. The summed E-state index contributed by atoms with van der Waals surface area (Å²) in [6, 6.07) is -4.53. The van der Waals surface area contributed by atoms with Crippen LogP contribution in [0.4, 0.5) is 0 Å². The van der Waals surface area contributed by atoms with Crippen LogP contribution in [-0.2, 0) is 24.0 Å². The van der Waals surface area contributed by atoms with E-state index in [9.17, 15) is 29.1 Å². The van der Waals surface area contributed by atoms with Gasteiger partial charge in [0.05, 0.1) is 12.5 Å². The van der Waals surface area contributed by atoms with Crippen molar-refractivity contribution in [2.45, 2.75) is 75.5 Å². The Bertz CT molecular complexity index is 818. The fourth-order valence-corrected chi connectivity index (χ4v) is 3.83. The number of guanidine groups is 1. The topological polar surface area (TPSA) is 270 Å². The molecule has 0 saturated carbocycles. The molecule has 1 fully saturated rings. The largest absolute Gasteiger partial charge is 0.481 e. The number of hydrogen-bond donors (Lipinski definition) is 8. The van der Waals surface area contributed by atoms with Crippen molar-refractivity contribution in [3.8, 4) is 0 Å². The summed E-state index contributed by atoms with van der Waals surface area (Å²) in [5, 5.41) is 23.0. The Labute approximate surface area is 209 Å². The zero-order chi connectivity index (χ0) is 27.3. The molecule has 0 aromatic carbocycles. The summed E-state index contributed by atoms with van der Waals surface area (Å²) in [5.74, 6) is -4.86. The van der Waals surface area contributed by atoms with Crippen LogP contribution in [-0.4, -0.2) is 94.5 Å². The van der Waals surface area contributed by atoms with Gasteiger partial charge in [-0.3, -0.25) is 24.2 Å². The van der Waals surface area contributed by atoms with Crippen LogP contribution < -0.4 is 33.6 Å². The number of hydrogen-bond acceptors (Lipinski definition) is 8. The Hall–Kier alpha value is -3.46. The maximum atomic E-state index is 13.4. The van der Waals surface area contributed by atoms with E-state index in [4.69, 9.17) is 28.0 Å². The lowest BCUT2D eigenvalue weighted by atomic mass is 10.1. The molecule has 15 nitrogen and oxygen atoms in total. The van der Waals surface area contributed by atoms with Crippen LogP contribution in [0, 0.1) is 0 Å². The molecule has 4 unspecified atom stereocenters. The van der Waals surface area contributed by atoms with Gasteiger partial charge >= 0.3 is 11.9 Å². The van der Waals surface area contributed by atoms with E-state index in [-0.39, 0.29) is 31.9 Å². The van der Waals surface area contributed by atoms with Crippen LogP contribution in [0.3, 0.4) is 0 Å². The first kappa shape index (κ1) is 30.6. The lowest BCUT2D eigenvalue weighted by molar-refractivity contribution is -0.148. The molecule has 15 heteroatoms. The first-order chi connectivity index (χ1) is 17.0. The number of carbonyl (C=O) groups excluding carboxylic acids is 3. The number of unbranched alkanes of at least 4 members (excludes halogenated alkanes) is 1. The fourth-order valence-electron chi connectivity index (χ4n) is 3.83. The molecular weight excluding hydrogens is 476 g/mol. The second-order valence-electron chi connectivity index (χ2n) is 8.59. The Morgan fingerprint density at radius 1 is 1.00 bits per heavy atom. The predicted octanol–water partition coefficient (Wildman–Crippen LogP) is -2.98. The van der Waals surface area contributed by atoms with Crippen LogP contribution >= 0.6 is 0 Å². The summed E-state index contributed by atoms with van der Waals surface area (Å²) >= 11 is 0. The van der Waals surface area contributed by atoms with E-state index in [0.717, 1.165) is 0 Å². The Morgan fingerprint density at radius 3 is 2.28 bits per heavy atom. The van der Waals surface area contributed by atoms with Crippen LogP contribution in [0.1, 0.15) is 51.4 Å². The molecule has 0 aromatic rings. The van der Waals surface area contributed by atoms with Gasteiger partial charge in [-0.15, -0.1) is 0 Å². The van der Waals surface area contributed by atoms with Crippen LogP contribution in [0.25, 0.3) is 0 Å². The number of aliphatic imine (C=N–C) groups is 1. The second-order valence-corrected chi connectivity index (χ2v) is 8.59. The summed E-state index contributed by atoms with van der Waals surface area (Å²) < 4.78 is 0. The van der Waals surface area contributed by atoms with E-state index in [1.165, 1.54) is 4.90 Å². The third-order valence-electron chi connectivity index (χ3n) is 5.70. The number of carbonyl (C=O) groups is 5. The number of carboxylic acid groups (broad SMARTS) is 2. The SMILES string of the molecule is NCCCCC(N)C(=O)NC(CCCN=C(N)N)C(=O)N1CCCC1C(=O)NC(CC(=O)O)C(=O)O. The average molecular weight is 515 g/mol. The summed E-state index contributed by atoms with van der Waals surface area (Å²) in [4.78, 5) is 66.2. The van der Waals surface area contributed by atoms with Gasteiger partial charge in [-0.1, -0.05) is 6.42 Å². The van der Waals surface area contributed by atoms with Gasteiger partial charge in [-0.25, -0.2) is 4.79 Å². The molecule has 1 aliphatic rings. The standard InChI is InChI=1S/C21H38N8O7/c22-8-2-1-5-12(23)17(32)27-13(6-3-9-26-21(24)25)19(34)29-10-4-7-15(29)18(33)28-14(20(35)36)11-16(30)31/h12-15H,1-11,22-23H2,(H,27,32)(H,28,33)(H,30,31)(H,35,36)(H4,24,25,26). The first-order valence-electron chi connectivity index (χ1n) is 11.8. The normalized spacial score (nSPS) is 17.5. The number of nitrogens with one attached hydrogen (secondary N) is 2. The third-order valence-corrected chi connectivity index (χ3v) is 5.70. The van der Waals surface area contributed by atoms with Gasteiger partial charge in [-0.05, 0) is 45.1 Å². The number of amides is 3. The summed E-state index contributed by atoms with van der Waals surface area (Å²) in [5.41, 5.74) is 22.1. The number of likely N-dealkylation sites (tertiary alicyclic amines) is 1. The molecule has 4 atom stereocenters.